The first-order valence-electron chi connectivity index (χ1n) is 13.7. The number of hydrogen-bond acceptors (Lipinski definition) is 6. The molecule has 0 saturated heterocycles. The molecule has 7 nitrogen and oxygen atoms in total. The Balaban J connectivity index is 1.40. The molecule has 0 N–H and O–H groups in total. The quantitative estimate of drug-likeness (QED) is 0.313. The molecule has 1 aliphatic carbocycles. The fraction of sp³-hybridized carbons (Fsp3) is 0.419. The Morgan fingerprint density at radius 2 is 1.80 bits per heavy atom. The minimum absolute atomic E-state index is 0.0255. The maximum absolute atomic E-state index is 14.4. The van der Waals surface area contributed by atoms with E-state index in [0.29, 0.717) is 42.0 Å². The number of amides is 1. The first-order chi connectivity index (χ1) is 19.4. The zero-order valence-corrected chi connectivity index (χ0v) is 23.0. The molecule has 1 spiro atoms. The summed E-state index contributed by atoms with van der Waals surface area (Å²) in [6.07, 6.45) is -2.39. The molecule has 41 heavy (non-hydrogen) atoms. The molecule has 3 aliphatic rings. The van der Waals surface area contributed by atoms with Crippen molar-refractivity contribution in [3.05, 3.63) is 77.2 Å². The summed E-state index contributed by atoms with van der Waals surface area (Å²) in [5.74, 6) is -0.896. The van der Waals surface area contributed by atoms with Gasteiger partial charge < -0.3 is 23.5 Å². The number of halogens is 3. The van der Waals surface area contributed by atoms with Crippen LogP contribution < -0.4 is 14.4 Å². The summed E-state index contributed by atoms with van der Waals surface area (Å²) in [4.78, 5) is 28.6. The molecule has 2 aliphatic heterocycles. The summed E-state index contributed by atoms with van der Waals surface area (Å²) >= 11 is 0. The second-order valence-corrected chi connectivity index (χ2v) is 11.4. The van der Waals surface area contributed by atoms with Crippen molar-refractivity contribution in [2.24, 2.45) is 0 Å². The molecule has 1 atom stereocenters. The Labute approximate surface area is 235 Å². The van der Waals surface area contributed by atoms with Crippen molar-refractivity contribution in [3.63, 3.8) is 0 Å². The van der Waals surface area contributed by atoms with E-state index in [-0.39, 0.29) is 24.8 Å². The zero-order chi connectivity index (χ0) is 29.2. The van der Waals surface area contributed by atoms with Gasteiger partial charge in [-0.3, -0.25) is 4.79 Å². The van der Waals surface area contributed by atoms with Crippen molar-refractivity contribution in [1.29, 1.82) is 0 Å². The van der Waals surface area contributed by atoms with E-state index >= 15 is 0 Å². The van der Waals surface area contributed by atoms with Gasteiger partial charge in [-0.05, 0) is 69.9 Å². The Kier molecular flexibility index (Phi) is 6.17. The maximum Gasteiger partial charge on any atom is 0.449 e. The number of anilines is 1. The number of benzene rings is 2. The maximum atomic E-state index is 14.4. The molecular formula is C31H30F3NO6. The largest absolute Gasteiger partial charge is 0.487 e. The van der Waals surface area contributed by atoms with Crippen molar-refractivity contribution >= 4 is 17.6 Å². The fourth-order valence-corrected chi connectivity index (χ4v) is 6.29. The van der Waals surface area contributed by atoms with E-state index in [1.165, 1.54) is 11.0 Å². The first-order valence-corrected chi connectivity index (χ1v) is 13.7. The summed E-state index contributed by atoms with van der Waals surface area (Å²) in [6, 6.07) is 14.6. The second-order valence-electron chi connectivity index (χ2n) is 11.4. The molecule has 3 heterocycles. The molecule has 0 radical (unpaired) electrons. The van der Waals surface area contributed by atoms with Crippen molar-refractivity contribution in [1.82, 2.24) is 0 Å². The third kappa shape index (κ3) is 4.35. The van der Waals surface area contributed by atoms with Crippen LogP contribution in [0.15, 0.2) is 59.0 Å². The lowest BCUT2D eigenvalue weighted by molar-refractivity contribution is -0.169. The lowest BCUT2D eigenvalue weighted by Gasteiger charge is -2.44. The van der Waals surface area contributed by atoms with Crippen LogP contribution in [0.4, 0.5) is 18.9 Å². The van der Waals surface area contributed by atoms with Gasteiger partial charge in [-0.1, -0.05) is 24.3 Å². The van der Waals surface area contributed by atoms with Crippen molar-refractivity contribution < 1.29 is 41.4 Å². The van der Waals surface area contributed by atoms with E-state index in [4.69, 9.17) is 18.6 Å². The van der Waals surface area contributed by atoms with Gasteiger partial charge in [0.05, 0.1) is 13.2 Å². The second kappa shape index (κ2) is 9.29. The third-order valence-corrected chi connectivity index (χ3v) is 8.13. The monoisotopic (exact) mass is 569 g/mol. The minimum atomic E-state index is -4.62. The number of furan rings is 1. The van der Waals surface area contributed by atoms with E-state index in [1.54, 1.807) is 37.3 Å². The first kappa shape index (κ1) is 27.2. The van der Waals surface area contributed by atoms with Gasteiger partial charge >= 0.3 is 12.1 Å². The predicted octanol–water partition coefficient (Wildman–Crippen LogP) is 6.56. The van der Waals surface area contributed by atoms with Crippen molar-refractivity contribution in [3.8, 4) is 11.5 Å². The SMILES string of the molecule is CCOC(=O)C1(Oc2ccc3c(c2)OC(C)(C)CC32C(=O)N(Cc3ccc(C(F)(F)F)o3)c3ccccc32)CCC1. The van der Waals surface area contributed by atoms with E-state index in [2.05, 4.69) is 0 Å². The highest BCUT2D eigenvalue weighted by Gasteiger charge is 2.58. The Bertz CT molecular complexity index is 1520. The molecular weight excluding hydrogens is 539 g/mol. The van der Waals surface area contributed by atoms with Crippen molar-refractivity contribution in [2.75, 3.05) is 11.5 Å². The number of carbonyl (C=O) groups excluding carboxylic acids is 2. The van der Waals surface area contributed by atoms with Crippen LogP contribution in [0.25, 0.3) is 0 Å². The molecule has 1 saturated carbocycles. The smallest absolute Gasteiger partial charge is 0.449 e. The standard InChI is InChI=1S/C31H30F3NO6/c1-4-38-27(37)29(14-7-15-29)40-19-10-12-22-24(16-19)41-28(2,3)18-30(22)21-8-5-6-9-23(21)35(26(30)36)17-20-11-13-25(39-20)31(32,33)34/h5-6,8-13,16H,4,7,14-15,17-18H2,1-3H3. The molecule has 3 aromatic rings. The summed E-state index contributed by atoms with van der Waals surface area (Å²) < 4.78 is 62.5. The summed E-state index contributed by atoms with van der Waals surface area (Å²) in [6.45, 7) is 5.62. The minimum Gasteiger partial charge on any atom is -0.487 e. The average Bonchev–Trinajstić information content (AvgIpc) is 3.44. The van der Waals surface area contributed by atoms with Gasteiger partial charge in [0, 0.05) is 23.7 Å². The van der Waals surface area contributed by atoms with Crippen LogP contribution in [0.1, 0.15) is 69.1 Å². The van der Waals surface area contributed by atoms with E-state index in [1.807, 2.05) is 26.0 Å². The van der Waals surface area contributed by atoms with Gasteiger partial charge in [-0.15, -0.1) is 0 Å². The highest BCUT2D eigenvalue weighted by molar-refractivity contribution is 6.11. The molecule has 6 rings (SSSR count). The van der Waals surface area contributed by atoms with E-state index in [0.717, 1.165) is 18.1 Å². The highest BCUT2D eigenvalue weighted by Crippen LogP contribution is 2.57. The summed E-state index contributed by atoms with van der Waals surface area (Å²) in [7, 11) is 0. The lowest BCUT2D eigenvalue weighted by atomic mass is 9.67. The van der Waals surface area contributed by atoms with Gasteiger partial charge in [-0.25, -0.2) is 4.79 Å². The average molecular weight is 570 g/mol. The molecule has 1 fully saturated rings. The van der Waals surface area contributed by atoms with Crippen LogP contribution in [-0.2, 0) is 32.5 Å². The number of para-hydroxylation sites is 1. The number of fused-ring (bicyclic) bond motifs is 4. The van der Waals surface area contributed by atoms with Gasteiger partial charge in [0.15, 0.2) is 0 Å². The number of carbonyl (C=O) groups is 2. The topological polar surface area (TPSA) is 78.2 Å². The summed E-state index contributed by atoms with van der Waals surface area (Å²) in [5, 5.41) is 0. The number of hydrogen-bond donors (Lipinski definition) is 0. The van der Waals surface area contributed by atoms with Crippen LogP contribution >= 0.6 is 0 Å². The molecule has 1 aromatic heterocycles. The number of esters is 1. The van der Waals surface area contributed by atoms with Crippen LogP contribution in [0.2, 0.25) is 0 Å². The molecule has 1 amide bonds. The van der Waals surface area contributed by atoms with E-state index < -0.39 is 34.5 Å². The molecule has 0 bridgehead atoms. The summed E-state index contributed by atoms with van der Waals surface area (Å²) in [5.41, 5.74) is -1.02. The van der Waals surface area contributed by atoms with Crippen LogP contribution in [0, 0.1) is 0 Å². The van der Waals surface area contributed by atoms with Gasteiger partial charge in [0.2, 0.25) is 17.3 Å². The van der Waals surface area contributed by atoms with Gasteiger partial charge in [0.1, 0.15) is 28.3 Å². The molecule has 216 valence electrons. The third-order valence-electron chi connectivity index (χ3n) is 8.13. The van der Waals surface area contributed by atoms with Crippen molar-refractivity contribution in [2.45, 2.75) is 75.8 Å². The highest BCUT2D eigenvalue weighted by atomic mass is 19.4. The Hall–Kier alpha value is -3.95. The molecule has 2 aromatic carbocycles. The van der Waals surface area contributed by atoms with Crippen LogP contribution in [-0.4, -0.2) is 29.7 Å². The predicted molar refractivity (Wildman–Crippen MR) is 142 cm³/mol. The normalized spacial score (nSPS) is 22.0. The molecule has 10 heteroatoms. The Morgan fingerprint density at radius 1 is 1.05 bits per heavy atom. The lowest BCUT2D eigenvalue weighted by Crippen LogP contribution is -2.52. The number of ether oxygens (including phenoxy) is 3. The van der Waals surface area contributed by atoms with Crippen LogP contribution in [0.5, 0.6) is 11.5 Å². The molecule has 1 unspecified atom stereocenters. The number of alkyl halides is 3. The fourth-order valence-electron chi connectivity index (χ4n) is 6.29. The Morgan fingerprint density at radius 3 is 2.46 bits per heavy atom. The zero-order valence-electron chi connectivity index (χ0n) is 23.0. The number of rotatable bonds is 6. The van der Waals surface area contributed by atoms with Crippen LogP contribution in [0.3, 0.4) is 0 Å². The van der Waals surface area contributed by atoms with E-state index in [9.17, 15) is 22.8 Å². The van der Waals surface area contributed by atoms with Gasteiger partial charge in [-0.2, -0.15) is 13.2 Å². The van der Waals surface area contributed by atoms with Gasteiger partial charge in [0.25, 0.3) is 0 Å². The number of nitrogens with zero attached hydrogens (tertiary/aromatic N) is 1.